The Bertz CT molecular complexity index is 609. The fourth-order valence-corrected chi connectivity index (χ4v) is 2.39. The molecule has 1 aromatic heterocycles. The summed E-state index contributed by atoms with van der Waals surface area (Å²) in [6, 6.07) is 12.9. The van der Waals surface area contributed by atoms with Crippen LogP contribution in [-0.4, -0.2) is 30.0 Å². The van der Waals surface area contributed by atoms with Crippen molar-refractivity contribution in [2.24, 2.45) is 5.73 Å². The van der Waals surface area contributed by atoms with Gasteiger partial charge in [0.15, 0.2) is 0 Å². The second kappa shape index (κ2) is 8.29. The Kier molecular flexibility index (Phi) is 6.11. The smallest absolute Gasteiger partial charge is 0.241 e. The fourth-order valence-electron chi connectivity index (χ4n) is 2.39. The molecule has 2 rings (SSSR count). The zero-order valence-electron chi connectivity index (χ0n) is 13.7. The predicted octanol–water partition coefficient (Wildman–Crippen LogP) is 2.44. The molecule has 0 bridgehead atoms. The van der Waals surface area contributed by atoms with E-state index in [9.17, 15) is 4.79 Å². The quantitative estimate of drug-likeness (QED) is 0.824. The van der Waals surface area contributed by atoms with Gasteiger partial charge < -0.3 is 16.0 Å². The molecule has 2 aromatic rings. The minimum Gasteiger partial charge on any atom is -0.357 e. The van der Waals surface area contributed by atoms with Crippen LogP contribution < -0.4 is 16.0 Å². The summed E-state index contributed by atoms with van der Waals surface area (Å²) < 4.78 is 0. The molecule has 1 atom stereocenters. The maximum absolute atomic E-state index is 12.2. The molecule has 0 aliphatic carbocycles. The minimum atomic E-state index is -0.583. The van der Waals surface area contributed by atoms with Crippen LogP contribution in [0.25, 0.3) is 0 Å². The summed E-state index contributed by atoms with van der Waals surface area (Å²) in [4.78, 5) is 18.7. The third-order valence-electron chi connectivity index (χ3n) is 3.74. The van der Waals surface area contributed by atoms with E-state index in [0.29, 0.717) is 12.1 Å². The van der Waals surface area contributed by atoms with Crippen molar-refractivity contribution in [3.8, 4) is 0 Å². The van der Waals surface area contributed by atoms with Gasteiger partial charge in [0, 0.05) is 13.1 Å². The largest absolute Gasteiger partial charge is 0.357 e. The highest BCUT2D eigenvalue weighted by atomic mass is 16.2. The number of benzene rings is 1. The van der Waals surface area contributed by atoms with Crippen molar-refractivity contribution in [2.45, 2.75) is 26.3 Å². The summed E-state index contributed by atoms with van der Waals surface area (Å²) in [7, 11) is 0. The first-order chi connectivity index (χ1) is 11.1. The van der Waals surface area contributed by atoms with E-state index in [1.807, 2.05) is 42.5 Å². The molecule has 1 amide bonds. The lowest BCUT2D eigenvalue weighted by atomic mass is 10.1. The second-order valence-electron chi connectivity index (χ2n) is 5.36. The highest BCUT2D eigenvalue weighted by molar-refractivity contribution is 5.94. The number of nitrogens with zero attached hydrogens (tertiary/aromatic N) is 2. The van der Waals surface area contributed by atoms with Gasteiger partial charge in [0.05, 0.1) is 17.9 Å². The molecule has 1 aromatic carbocycles. The van der Waals surface area contributed by atoms with E-state index in [0.717, 1.165) is 24.5 Å². The SMILES string of the molecule is CCN(CC)c1ccc(NC(=O)C(N)Cc2ccccc2)cn1. The Morgan fingerprint density at radius 1 is 1.17 bits per heavy atom. The number of anilines is 2. The van der Waals surface area contributed by atoms with Crippen molar-refractivity contribution < 1.29 is 4.79 Å². The van der Waals surface area contributed by atoms with E-state index in [1.165, 1.54) is 0 Å². The van der Waals surface area contributed by atoms with Crippen LogP contribution in [0.15, 0.2) is 48.7 Å². The number of pyridine rings is 1. The van der Waals surface area contributed by atoms with Crippen molar-refractivity contribution in [2.75, 3.05) is 23.3 Å². The number of amides is 1. The van der Waals surface area contributed by atoms with Crippen LogP contribution in [0.5, 0.6) is 0 Å². The monoisotopic (exact) mass is 312 g/mol. The first-order valence-corrected chi connectivity index (χ1v) is 7.95. The van der Waals surface area contributed by atoms with Gasteiger partial charge in [0.1, 0.15) is 5.82 Å². The molecule has 0 aliphatic heterocycles. The third-order valence-corrected chi connectivity index (χ3v) is 3.74. The molecular weight excluding hydrogens is 288 g/mol. The molecule has 3 N–H and O–H groups in total. The van der Waals surface area contributed by atoms with Gasteiger partial charge in [0.25, 0.3) is 0 Å². The average molecular weight is 312 g/mol. The summed E-state index contributed by atoms with van der Waals surface area (Å²) in [6.45, 7) is 5.97. The molecule has 0 radical (unpaired) electrons. The lowest BCUT2D eigenvalue weighted by molar-refractivity contribution is -0.117. The first kappa shape index (κ1) is 17.0. The summed E-state index contributed by atoms with van der Waals surface area (Å²) in [5, 5.41) is 2.82. The van der Waals surface area contributed by atoms with Gasteiger partial charge in [-0.3, -0.25) is 4.79 Å². The van der Waals surface area contributed by atoms with E-state index in [4.69, 9.17) is 5.73 Å². The van der Waals surface area contributed by atoms with E-state index in [1.54, 1.807) is 6.20 Å². The number of aromatic nitrogens is 1. The molecule has 5 nitrogen and oxygen atoms in total. The van der Waals surface area contributed by atoms with Gasteiger partial charge in [0.2, 0.25) is 5.91 Å². The van der Waals surface area contributed by atoms with Gasteiger partial charge in [-0.25, -0.2) is 4.98 Å². The fraction of sp³-hybridized carbons (Fsp3) is 0.333. The van der Waals surface area contributed by atoms with Crippen LogP contribution >= 0.6 is 0 Å². The molecule has 0 spiro atoms. The zero-order chi connectivity index (χ0) is 16.7. The zero-order valence-corrected chi connectivity index (χ0v) is 13.7. The minimum absolute atomic E-state index is 0.203. The van der Waals surface area contributed by atoms with Crippen molar-refractivity contribution >= 4 is 17.4 Å². The van der Waals surface area contributed by atoms with Crippen molar-refractivity contribution in [1.82, 2.24) is 4.98 Å². The molecule has 0 fully saturated rings. The topological polar surface area (TPSA) is 71.2 Å². The molecule has 0 saturated carbocycles. The average Bonchev–Trinajstić information content (AvgIpc) is 2.58. The lowest BCUT2D eigenvalue weighted by Gasteiger charge is -2.20. The molecule has 0 aliphatic rings. The van der Waals surface area contributed by atoms with Gasteiger partial charge in [-0.05, 0) is 38.0 Å². The van der Waals surface area contributed by atoms with E-state index in [2.05, 4.69) is 29.0 Å². The van der Waals surface area contributed by atoms with Crippen LogP contribution in [0.4, 0.5) is 11.5 Å². The van der Waals surface area contributed by atoms with Crippen molar-refractivity contribution in [3.05, 3.63) is 54.2 Å². The van der Waals surface area contributed by atoms with Crippen molar-refractivity contribution in [1.29, 1.82) is 0 Å². The Hall–Kier alpha value is -2.40. The number of carbonyl (C=O) groups is 1. The molecule has 0 saturated heterocycles. The number of hydrogen-bond donors (Lipinski definition) is 2. The molecular formula is C18H24N4O. The van der Waals surface area contributed by atoms with Crippen LogP contribution in [-0.2, 0) is 11.2 Å². The summed E-state index contributed by atoms with van der Waals surface area (Å²) >= 11 is 0. The molecule has 23 heavy (non-hydrogen) atoms. The highest BCUT2D eigenvalue weighted by Crippen LogP contribution is 2.14. The maximum Gasteiger partial charge on any atom is 0.241 e. The molecule has 122 valence electrons. The van der Waals surface area contributed by atoms with Gasteiger partial charge in [-0.2, -0.15) is 0 Å². The van der Waals surface area contributed by atoms with Crippen molar-refractivity contribution in [3.63, 3.8) is 0 Å². The number of carbonyl (C=O) groups excluding carboxylic acids is 1. The maximum atomic E-state index is 12.2. The summed E-state index contributed by atoms with van der Waals surface area (Å²) in [6.07, 6.45) is 2.18. The summed E-state index contributed by atoms with van der Waals surface area (Å²) in [5.41, 5.74) is 7.69. The number of nitrogens with two attached hydrogens (primary N) is 1. The Balaban J connectivity index is 1.94. The standard InChI is InChI=1S/C18H24N4O/c1-3-22(4-2)17-11-10-15(13-20-17)21-18(23)16(19)12-14-8-6-5-7-9-14/h5-11,13,16H,3-4,12,19H2,1-2H3,(H,21,23). The summed E-state index contributed by atoms with van der Waals surface area (Å²) in [5.74, 6) is 0.702. The number of nitrogens with one attached hydrogen (secondary N) is 1. The third kappa shape index (κ3) is 4.79. The van der Waals surface area contributed by atoms with Gasteiger partial charge in [-0.1, -0.05) is 30.3 Å². The van der Waals surface area contributed by atoms with E-state index >= 15 is 0 Å². The van der Waals surface area contributed by atoms with E-state index in [-0.39, 0.29) is 5.91 Å². The van der Waals surface area contributed by atoms with Crippen LogP contribution in [0.3, 0.4) is 0 Å². The molecule has 5 heteroatoms. The van der Waals surface area contributed by atoms with Crippen LogP contribution in [0.1, 0.15) is 19.4 Å². The first-order valence-electron chi connectivity index (χ1n) is 7.95. The Labute approximate surface area is 137 Å². The van der Waals surface area contributed by atoms with Gasteiger partial charge >= 0.3 is 0 Å². The Morgan fingerprint density at radius 2 is 1.87 bits per heavy atom. The second-order valence-corrected chi connectivity index (χ2v) is 5.36. The lowest BCUT2D eigenvalue weighted by Crippen LogP contribution is -2.37. The van der Waals surface area contributed by atoms with Crippen LogP contribution in [0, 0.1) is 0 Å². The van der Waals surface area contributed by atoms with Gasteiger partial charge in [-0.15, -0.1) is 0 Å². The molecule has 1 heterocycles. The molecule has 1 unspecified atom stereocenters. The Morgan fingerprint density at radius 3 is 2.43 bits per heavy atom. The normalized spacial score (nSPS) is 11.8. The van der Waals surface area contributed by atoms with Crippen LogP contribution in [0.2, 0.25) is 0 Å². The predicted molar refractivity (Wildman–Crippen MR) is 94.5 cm³/mol. The van der Waals surface area contributed by atoms with E-state index < -0.39 is 6.04 Å². The number of hydrogen-bond acceptors (Lipinski definition) is 4. The highest BCUT2D eigenvalue weighted by Gasteiger charge is 2.14. The number of rotatable bonds is 7.